The molecular weight excluding hydrogens is 262 g/mol. The number of rotatable bonds is 7. The predicted octanol–water partition coefficient (Wildman–Crippen LogP) is 1.70. The van der Waals surface area contributed by atoms with Gasteiger partial charge in [-0.1, -0.05) is 31.2 Å². The quantitative estimate of drug-likeness (QED) is 0.828. The van der Waals surface area contributed by atoms with Crippen molar-refractivity contribution in [1.29, 1.82) is 0 Å². The molecule has 0 saturated carbocycles. The van der Waals surface area contributed by atoms with E-state index in [0.717, 1.165) is 12.0 Å². The molecule has 0 saturated heterocycles. The maximum atomic E-state index is 12.1. The molecule has 0 spiro atoms. The smallest absolute Gasteiger partial charge is 0.157 e. The van der Waals surface area contributed by atoms with Crippen molar-refractivity contribution >= 4 is 9.84 Å². The van der Waals surface area contributed by atoms with Crippen LogP contribution in [0.3, 0.4) is 0 Å². The Morgan fingerprint density at radius 3 is 2.32 bits per heavy atom. The normalized spacial score (nSPS) is 15.2. The second kappa shape index (κ2) is 7.03. The van der Waals surface area contributed by atoms with Gasteiger partial charge in [-0.05, 0) is 24.5 Å². The van der Waals surface area contributed by atoms with Crippen molar-refractivity contribution in [3.8, 4) is 0 Å². The Morgan fingerprint density at radius 1 is 1.26 bits per heavy atom. The molecule has 1 aromatic carbocycles. The standard InChI is InChI=1S/C14H23NO3S/c1-4-12-5-7-13(8-6-12)14(15)11(2)19(16,17)10-9-18-3/h5-8,11,14H,4,9-10,15H2,1-3H3. The van der Waals surface area contributed by atoms with Gasteiger partial charge in [-0.25, -0.2) is 8.42 Å². The van der Waals surface area contributed by atoms with Crippen molar-refractivity contribution in [1.82, 2.24) is 0 Å². The first-order valence-electron chi connectivity index (χ1n) is 6.47. The lowest BCUT2D eigenvalue weighted by Gasteiger charge is -2.20. The van der Waals surface area contributed by atoms with Gasteiger partial charge in [0.2, 0.25) is 0 Å². The Morgan fingerprint density at radius 2 is 1.84 bits per heavy atom. The van der Waals surface area contributed by atoms with E-state index in [0.29, 0.717) is 0 Å². The zero-order chi connectivity index (χ0) is 14.5. The third kappa shape index (κ3) is 4.30. The van der Waals surface area contributed by atoms with E-state index < -0.39 is 21.1 Å². The molecule has 1 rings (SSSR count). The van der Waals surface area contributed by atoms with Gasteiger partial charge < -0.3 is 10.5 Å². The van der Waals surface area contributed by atoms with Gasteiger partial charge in [-0.2, -0.15) is 0 Å². The first-order valence-corrected chi connectivity index (χ1v) is 8.18. The van der Waals surface area contributed by atoms with Crippen molar-refractivity contribution in [3.63, 3.8) is 0 Å². The summed E-state index contributed by atoms with van der Waals surface area (Å²) >= 11 is 0. The van der Waals surface area contributed by atoms with Crippen LogP contribution < -0.4 is 5.73 Å². The number of aryl methyl sites for hydroxylation is 1. The highest BCUT2D eigenvalue weighted by Gasteiger charge is 2.27. The van der Waals surface area contributed by atoms with Crippen LogP contribution in [0.5, 0.6) is 0 Å². The van der Waals surface area contributed by atoms with Crippen molar-refractivity contribution in [3.05, 3.63) is 35.4 Å². The number of hydrogen-bond acceptors (Lipinski definition) is 4. The van der Waals surface area contributed by atoms with Gasteiger partial charge in [0.05, 0.1) is 17.6 Å². The summed E-state index contributed by atoms with van der Waals surface area (Å²) in [7, 11) is -1.75. The summed E-state index contributed by atoms with van der Waals surface area (Å²) in [5, 5.41) is -0.616. The molecule has 1 aromatic rings. The van der Waals surface area contributed by atoms with E-state index in [1.807, 2.05) is 24.3 Å². The molecule has 5 heteroatoms. The Hall–Kier alpha value is -0.910. The van der Waals surface area contributed by atoms with Gasteiger partial charge in [0.1, 0.15) is 0 Å². The lowest BCUT2D eigenvalue weighted by molar-refractivity contribution is 0.217. The maximum absolute atomic E-state index is 12.1. The van der Waals surface area contributed by atoms with Crippen LogP contribution in [0, 0.1) is 0 Å². The summed E-state index contributed by atoms with van der Waals surface area (Å²) < 4.78 is 29.0. The van der Waals surface area contributed by atoms with Crippen LogP contribution in [0.15, 0.2) is 24.3 Å². The van der Waals surface area contributed by atoms with Gasteiger partial charge in [0.25, 0.3) is 0 Å². The maximum Gasteiger partial charge on any atom is 0.157 e. The fourth-order valence-corrected chi connectivity index (χ4v) is 3.23. The van der Waals surface area contributed by atoms with Crippen LogP contribution >= 0.6 is 0 Å². The number of hydrogen-bond donors (Lipinski definition) is 1. The third-order valence-electron chi connectivity index (χ3n) is 3.42. The predicted molar refractivity (Wildman–Crippen MR) is 77.9 cm³/mol. The Labute approximate surface area is 115 Å². The van der Waals surface area contributed by atoms with Crippen molar-refractivity contribution < 1.29 is 13.2 Å². The fourth-order valence-electron chi connectivity index (χ4n) is 1.86. The van der Waals surface area contributed by atoms with Gasteiger partial charge >= 0.3 is 0 Å². The Balaban J connectivity index is 2.83. The molecule has 0 fully saturated rings. The number of methoxy groups -OCH3 is 1. The Bertz CT molecular complexity index is 482. The van der Waals surface area contributed by atoms with E-state index in [2.05, 4.69) is 6.92 Å². The molecule has 2 atom stereocenters. The summed E-state index contributed by atoms with van der Waals surface area (Å²) in [6.45, 7) is 3.93. The lowest BCUT2D eigenvalue weighted by atomic mass is 10.0. The molecule has 0 aliphatic carbocycles. The van der Waals surface area contributed by atoms with Crippen molar-refractivity contribution in [2.45, 2.75) is 31.6 Å². The summed E-state index contributed by atoms with van der Waals surface area (Å²) in [6.07, 6.45) is 0.956. The molecule has 0 aromatic heterocycles. The average Bonchev–Trinajstić information content (AvgIpc) is 2.43. The van der Waals surface area contributed by atoms with E-state index in [-0.39, 0.29) is 12.4 Å². The first kappa shape index (κ1) is 16.1. The molecule has 0 amide bonds. The second-order valence-corrected chi connectivity index (χ2v) is 7.16. The molecular formula is C14H23NO3S. The third-order valence-corrected chi connectivity index (χ3v) is 5.58. The highest BCUT2D eigenvalue weighted by molar-refractivity contribution is 7.92. The first-order chi connectivity index (χ1) is 8.92. The van der Waals surface area contributed by atoms with E-state index in [9.17, 15) is 8.42 Å². The molecule has 2 N–H and O–H groups in total. The summed E-state index contributed by atoms with van der Waals surface area (Å²) in [5.41, 5.74) is 8.13. The molecule has 108 valence electrons. The molecule has 0 radical (unpaired) electrons. The monoisotopic (exact) mass is 285 g/mol. The molecule has 0 aliphatic rings. The van der Waals surface area contributed by atoms with E-state index >= 15 is 0 Å². The zero-order valence-corrected chi connectivity index (χ0v) is 12.6. The number of sulfone groups is 1. The fraction of sp³-hybridized carbons (Fsp3) is 0.571. The van der Waals surface area contributed by atoms with Crippen LogP contribution in [0.2, 0.25) is 0 Å². The van der Waals surface area contributed by atoms with Gasteiger partial charge in [0, 0.05) is 13.2 Å². The summed E-state index contributed by atoms with van der Waals surface area (Å²) in [5.74, 6) is 0.00537. The molecule has 0 aliphatic heterocycles. The lowest BCUT2D eigenvalue weighted by Crippen LogP contribution is -2.33. The minimum Gasteiger partial charge on any atom is -0.384 e. The number of nitrogens with two attached hydrogens (primary N) is 1. The number of ether oxygens (including phenoxy) is 1. The van der Waals surface area contributed by atoms with Gasteiger partial charge in [0.15, 0.2) is 9.84 Å². The molecule has 4 nitrogen and oxygen atoms in total. The number of benzene rings is 1. The highest BCUT2D eigenvalue weighted by atomic mass is 32.2. The van der Waals surface area contributed by atoms with Crippen LogP contribution in [-0.2, 0) is 21.0 Å². The molecule has 0 bridgehead atoms. The van der Waals surface area contributed by atoms with Crippen LogP contribution in [0.4, 0.5) is 0 Å². The molecule has 19 heavy (non-hydrogen) atoms. The zero-order valence-electron chi connectivity index (χ0n) is 11.8. The topological polar surface area (TPSA) is 69.4 Å². The summed E-state index contributed by atoms with van der Waals surface area (Å²) in [4.78, 5) is 0. The second-order valence-electron chi connectivity index (χ2n) is 4.69. The van der Waals surface area contributed by atoms with E-state index in [1.165, 1.54) is 12.7 Å². The van der Waals surface area contributed by atoms with Gasteiger partial charge in [-0.3, -0.25) is 0 Å². The minimum atomic E-state index is -3.24. The van der Waals surface area contributed by atoms with E-state index in [4.69, 9.17) is 10.5 Å². The largest absolute Gasteiger partial charge is 0.384 e. The Kier molecular flexibility index (Phi) is 5.97. The van der Waals surface area contributed by atoms with Crippen molar-refractivity contribution in [2.75, 3.05) is 19.5 Å². The van der Waals surface area contributed by atoms with Gasteiger partial charge in [-0.15, -0.1) is 0 Å². The summed E-state index contributed by atoms with van der Waals surface area (Å²) in [6, 6.07) is 7.29. The minimum absolute atomic E-state index is 0.00537. The molecule has 0 heterocycles. The highest BCUT2D eigenvalue weighted by Crippen LogP contribution is 2.21. The van der Waals surface area contributed by atoms with E-state index in [1.54, 1.807) is 6.92 Å². The van der Waals surface area contributed by atoms with Crippen LogP contribution in [0.25, 0.3) is 0 Å². The van der Waals surface area contributed by atoms with Crippen LogP contribution in [0.1, 0.15) is 31.0 Å². The SMILES string of the molecule is CCc1ccc(C(N)C(C)S(=O)(=O)CCOC)cc1. The average molecular weight is 285 g/mol. The van der Waals surface area contributed by atoms with Crippen LogP contribution in [-0.4, -0.2) is 33.1 Å². The molecule has 2 unspecified atom stereocenters. The van der Waals surface area contributed by atoms with Crippen molar-refractivity contribution in [2.24, 2.45) is 5.73 Å².